The molecule has 106 valence electrons. The zero-order chi connectivity index (χ0) is 14.7. The Labute approximate surface area is 140 Å². The summed E-state index contributed by atoms with van der Waals surface area (Å²) in [5, 5.41) is 0.724. The lowest BCUT2D eigenvalue weighted by molar-refractivity contribution is 0.412. The SMILES string of the molecule is COc1ccc(C(N)Cc2ccc(Br)cc2Cl)cc1Br. The van der Waals surface area contributed by atoms with Crippen molar-refractivity contribution >= 4 is 43.5 Å². The van der Waals surface area contributed by atoms with E-state index in [-0.39, 0.29) is 6.04 Å². The van der Waals surface area contributed by atoms with Gasteiger partial charge in [-0.05, 0) is 57.7 Å². The third kappa shape index (κ3) is 3.76. The van der Waals surface area contributed by atoms with Crippen LogP contribution in [-0.2, 0) is 6.42 Å². The van der Waals surface area contributed by atoms with E-state index in [4.69, 9.17) is 22.1 Å². The first kappa shape index (κ1) is 15.8. The van der Waals surface area contributed by atoms with E-state index >= 15 is 0 Å². The molecule has 0 saturated carbocycles. The molecular formula is C15H14Br2ClNO. The first-order valence-corrected chi connectivity index (χ1v) is 8.00. The summed E-state index contributed by atoms with van der Waals surface area (Å²) in [5.41, 5.74) is 8.34. The van der Waals surface area contributed by atoms with E-state index in [0.717, 1.165) is 30.8 Å². The highest BCUT2D eigenvalue weighted by Gasteiger charge is 2.12. The molecule has 2 nitrogen and oxygen atoms in total. The van der Waals surface area contributed by atoms with Crippen molar-refractivity contribution < 1.29 is 4.74 Å². The molecule has 0 aliphatic carbocycles. The Kier molecular flexibility index (Phi) is 5.49. The van der Waals surface area contributed by atoms with Gasteiger partial charge in [-0.25, -0.2) is 0 Å². The normalized spacial score (nSPS) is 12.2. The highest BCUT2D eigenvalue weighted by Crippen LogP contribution is 2.30. The van der Waals surface area contributed by atoms with Gasteiger partial charge >= 0.3 is 0 Å². The fraction of sp³-hybridized carbons (Fsp3) is 0.200. The monoisotopic (exact) mass is 417 g/mol. The summed E-state index contributed by atoms with van der Waals surface area (Å²) in [6.45, 7) is 0. The zero-order valence-electron chi connectivity index (χ0n) is 10.9. The molecule has 2 N–H and O–H groups in total. The number of hydrogen-bond acceptors (Lipinski definition) is 2. The number of hydrogen-bond donors (Lipinski definition) is 1. The van der Waals surface area contributed by atoms with E-state index in [2.05, 4.69) is 31.9 Å². The molecule has 20 heavy (non-hydrogen) atoms. The van der Waals surface area contributed by atoms with Gasteiger partial charge in [-0.15, -0.1) is 0 Å². The van der Waals surface area contributed by atoms with Crippen LogP contribution in [-0.4, -0.2) is 7.11 Å². The van der Waals surface area contributed by atoms with Crippen molar-refractivity contribution in [2.45, 2.75) is 12.5 Å². The van der Waals surface area contributed by atoms with Crippen LogP contribution in [0.3, 0.4) is 0 Å². The minimum absolute atomic E-state index is 0.115. The third-order valence-corrected chi connectivity index (χ3v) is 4.52. The summed E-state index contributed by atoms with van der Waals surface area (Å²) in [6.07, 6.45) is 0.685. The lowest BCUT2D eigenvalue weighted by Gasteiger charge is -2.15. The molecule has 2 rings (SSSR count). The van der Waals surface area contributed by atoms with Crippen LogP contribution < -0.4 is 10.5 Å². The van der Waals surface area contributed by atoms with Crippen molar-refractivity contribution in [2.75, 3.05) is 7.11 Å². The number of benzene rings is 2. The van der Waals surface area contributed by atoms with Crippen LogP contribution in [0.5, 0.6) is 5.75 Å². The predicted molar refractivity (Wildman–Crippen MR) is 90.5 cm³/mol. The second kappa shape index (κ2) is 6.94. The number of halogens is 3. The molecule has 2 aromatic rings. The Bertz CT molecular complexity index is 619. The van der Waals surface area contributed by atoms with Gasteiger partial charge in [0.15, 0.2) is 0 Å². The van der Waals surface area contributed by atoms with E-state index < -0.39 is 0 Å². The van der Waals surface area contributed by atoms with Crippen LogP contribution in [0.25, 0.3) is 0 Å². The molecule has 0 heterocycles. The van der Waals surface area contributed by atoms with Gasteiger partial charge in [-0.2, -0.15) is 0 Å². The van der Waals surface area contributed by atoms with E-state index in [0.29, 0.717) is 6.42 Å². The molecule has 1 unspecified atom stereocenters. The molecule has 0 aliphatic heterocycles. The molecule has 0 bridgehead atoms. The molecule has 2 aromatic carbocycles. The fourth-order valence-electron chi connectivity index (χ4n) is 1.96. The lowest BCUT2D eigenvalue weighted by Crippen LogP contribution is -2.13. The maximum Gasteiger partial charge on any atom is 0.133 e. The van der Waals surface area contributed by atoms with Gasteiger partial charge in [0.05, 0.1) is 11.6 Å². The van der Waals surface area contributed by atoms with Crippen molar-refractivity contribution in [1.29, 1.82) is 0 Å². The van der Waals surface area contributed by atoms with Crippen LogP contribution in [0.2, 0.25) is 5.02 Å². The Hall–Kier alpha value is -0.550. The van der Waals surface area contributed by atoms with E-state index in [1.165, 1.54) is 0 Å². The quantitative estimate of drug-likeness (QED) is 0.747. The van der Waals surface area contributed by atoms with Crippen molar-refractivity contribution in [3.05, 3.63) is 61.5 Å². The standard InChI is InChI=1S/C15H14Br2ClNO/c1-20-15-5-3-10(6-12(15)17)14(19)7-9-2-4-11(16)8-13(9)18/h2-6,8,14H,7,19H2,1H3. The first-order chi connectivity index (χ1) is 9.51. The first-order valence-electron chi connectivity index (χ1n) is 6.04. The molecule has 0 fully saturated rings. The van der Waals surface area contributed by atoms with Crippen molar-refractivity contribution in [3.8, 4) is 5.75 Å². The van der Waals surface area contributed by atoms with Crippen molar-refractivity contribution in [1.82, 2.24) is 0 Å². The van der Waals surface area contributed by atoms with Crippen LogP contribution in [0.4, 0.5) is 0 Å². The molecule has 5 heteroatoms. The van der Waals surface area contributed by atoms with E-state index in [1.807, 2.05) is 36.4 Å². The van der Waals surface area contributed by atoms with Crippen molar-refractivity contribution in [3.63, 3.8) is 0 Å². The van der Waals surface area contributed by atoms with Gasteiger partial charge in [0.25, 0.3) is 0 Å². The van der Waals surface area contributed by atoms with E-state index in [1.54, 1.807) is 7.11 Å². The van der Waals surface area contributed by atoms with Crippen LogP contribution in [0.1, 0.15) is 17.2 Å². The Morgan fingerprint density at radius 1 is 1.20 bits per heavy atom. The second-order valence-corrected chi connectivity index (χ2v) is 6.62. The van der Waals surface area contributed by atoms with Crippen LogP contribution in [0.15, 0.2) is 45.3 Å². The van der Waals surface area contributed by atoms with Crippen LogP contribution >= 0.6 is 43.5 Å². The summed E-state index contributed by atoms with van der Waals surface area (Å²) in [7, 11) is 1.64. The van der Waals surface area contributed by atoms with E-state index in [9.17, 15) is 0 Å². The summed E-state index contributed by atoms with van der Waals surface area (Å²) in [5.74, 6) is 0.794. The fourth-order valence-corrected chi connectivity index (χ4v) is 3.26. The Balaban J connectivity index is 2.19. The number of methoxy groups -OCH3 is 1. The lowest BCUT2D eigenvalue weighted by atomic mass is 9.99. The maximum atomic E-state index is 6.26. The average molecular weight is 420 g/mol. The number of rotatable bonds is 4. The highest BCUT2D eigenvalue weighted by atomic mass is 79.9. The van der Waals surface area contributed by atoms with Gasteiger partial charge < -0.3 is 10.5 Å². The minimum Gasteiger partial charge on any atom is -0.496 e. The van der Waals surface area contributed by atoms with Gasteiger partial charge in [0.1, 0.15) is 5.75 Å². The van der Waals surface area contributed by atoms with Gasteiger partial charge in [-0.1, -0.05) is 39.7 Å². The molecule has 0 spiro atoms. The Morgan fingerprint density at radius 3 is 2.55 bits per heavy atom. The largest absolute Gasteiger partial charge is 0.496 e. The third-order valence-electron chi connectivity index (χ3n) is 3.06. The number of nitrogens with two attached hydrogens (primary N) is 1. The molecular weight excluding hydrogens is 405 g/mol. The number of ether oxygens (including phenoxy) is 1. The van der Waals surface area contributed by atoms with Crippen molar-refractivity contribution in [2.24, 2.45) is 5.73 Å². The topological polar surface area (TPSA) is 35.2 Å². The zero-order valence-corrected chi connectivity index (χ0v) is 14.8. The summed E-state index contributed by atoms with van der Waals surface area (Å²) >= 11 is 13.1. The summed E-state index contributed by atoms with van der Waals surface area (Å²) in [4.78, 5) is 0. The highest BCUT2D eigenvalue weighted by molar-refractivity contribution is 9.10. The molecule has 0 aliphatic rings. The molecule has 0 saturated heterocycles. The van der Waals surface area contributed by atoms with Gasteiger partial charge in [0, 0.05) is 15.5 Å². The van der Waals surface area contributed by atoms with Gasteiger partial charge in [-0.3, -0.25) is 0 Å². The minimum atomic E-state index is -0.115. The van der Waals surface area contributed by atoms with Gasteiger partial charge in [0.2, 0.25) is 0 Å². The molecule has 0 amide bonds. The molecule has 1 atom stereocenters. The molecule has 0 radical (unpaired) electrons. The Morgan fingerprint density at radius 2 is 1.95 bits per heavy atom. The average Bonchev–Trinajstić information content (AvgIpc) is 2.41. The summed E-state index contributed by atoms with van der Waals surface area (Å²) in [6, 6.07) is 11.6. The maximum absolute atomic E-state index is 6.26. The predicted octanol–water partition coefficient (Wildman–Crippen LogP) is 5.12. The summed E-state index contributed by atoms with van der Waals surface area (Å²) < 4.78 is 7.08. The smallest absolute Gasteiger partial charge is 0.133 e. The molecule has 0 aromatic heterocycles. The van der Waals surface area contributed by atoms with Crippen LogP contribution in [0, 0.1) is 0 Å². The second-order valence-electron chi connectivity index (χ2n) is 4.44.